The standard InChI is InChI=1S/C20H29N3O2/c1-15-17(12-21-22(15)2)14-23(18-7-9-19(24)10-8-18)13-16-5-4-6-20(11-16)25-3/h4-6,11-12,18-19,24H,7-10,13-14H2,1-3H3. The highest BCUT2D eigenvalue weighted by Gasteiger charge is 2.26. The number of aromatic nitrogens is 2. The van der Waals surface area contributed by atoms with E-state index in [0.717, 1.165) is 44.5 Å². The van der Waals surface area contributed by atoms with Gasteiger partial charge in [0, 0.05) is 37.4 Å². The van der Waals surface area contributed by atoms with E-state index in [9.17, 15) is 5.11 Å². The number of hydrogen-bond donors (Lipinski definition) is 1. The first-order valence-corrected chi connectivity index (χ1v) is 9.09. The number of ether oxygens (including phenoxy) is 1. The summed E-state index contributed by atoms with van der Waals surface area (Å²) < 4.78 is 7.31. The largest absolute Gasteiger partial charge is 0.497 e. The van der Waals surface area contributed by atoms with Crippen LogP contribution in [0.2, 0.25) is 0 Å². The lowest BCUT2D eigenvalue weighted by atomic mass is 9.91. The minimum atomic E-state index is -0.130. The molecule has 0 atom stereocenters. The van der Waals surface area contributed by atoms with Crippen LogP contribution in [-0.4, -0.2) is 39.0 Å². The van der Waals surface area contributed by atoms with Gasteiger partial charge in [-0.05, 0) is 50.3 Å². The maximum absolute atomic E-state index is 9.86. The van der Waals surface area contributed by atoms with Gasteiger partial charge in [0.05, 0.1) is 19.4 Å². The third-order valence-electron chi connectivity index (χ3n) is 5.41. The maximum atomic E-state index is 9.86. The normalized spacial score (nSPS) is 20.8. The lowest BCUT2D eigenvalue weighted by Gasteiger charge is -2.36. The number of rotatable bonds is 6. The van der Waals surface area contributed by atoms with Crippen LogP contribution in [0, 0.1) is 6.92 Å². The SMILES string of the molecule is COc1cccc(CN(Cc2cnn(C)c2C)C2CCC(O)CC2)c1. The summed E-state index contributed by atoms with van der Waals surface area (Å²) in [5.74, 6) is 0.897. The van der Waals surface area contributed by atoms with E-state index < -0.39 is 0 Å². The molecule has 2 aromatic rings. The molecule has 1 heterocycles. The van der Waals surface area contributed by atoms with Gasteiger partial charge in [-0.15, -0.1) is 0 Å². The topological polar surface area (TPSA) is 50.5 Å². The zero-order valence-electron chi connectivity index (χ0n) is 15.5. The second-order valence-corrected chi connectivity index (χ2v) is 7.10. The minimum absolute atomic E-state index is 0.130. The molecule has 0 unspecified atom stereocenters. The Morgan fingerprint density at radius 2 is 2.00 bits per heavy atom. The Kier molecular flexibility index (Phi) is 5.76. The lowest BCUT2D eigenvalue weighted by Crippen LogP contribution is -2.38. The van der Waals surface area contributed by atoms with Gasteiger partial charge in [0.15, 0.2) is 0 Å². The van der Waals surface area contributed by atoms with Crippen molar-refractivity contribution in [3.8, 4) is 5.75 Å². The van der Waals surface area contributed by atoms with Crippen LogP contribution in [0.1, 0.15) is 42.5 Å². The Bertz CT molecular complexity index is 690. The second kappa shape index (κ2) is 8.02. The number of methoxy groups -OCH3 is 1. The first-order valence-electron chi connectivity index (χ1n) is 9.09. The molecule has 1 fully saturated rings. The quantitative estimate of drug-likeness (QED) is 0.876. The number of benzene rings is 1. The van der Waals surface area contributed by atoms with E-state index in [1.807, 2.05) is 30.1 Å². The van der Waals surface area contributed by atoms with Gasteiger partial charge in [-0.2, -0.15) is 5.10 Å². The summed E-state index contributed by atoms with van der Waals surface area (Å²) in [4.78, 5) is 2.53. The Morgan fingerprint density at radius 3 is 2.64 bits per heavy atom. The van der Waals surface area contributed by atoms with Crippen molar-refractivity contribution >= 4 is 0 Å². The summed E-state index contributed by atoms with van der Waals surface area (Å²) in [6.45, 7) is 3.89. The molecule has 0 bridgehead atoms. The summed E-state index contributed by atoms with van der Waals surface area (Å²) in [7, 11) is 3.70. The Balaban J connectivity index is 1.79. The maximum Gasteiger partial charge on any atom is 0.119 e. The second-order valence-electron chi connectivity index (χ2n) is 7.10. The molecule has 1 aromatic heterocycles. The molecular formula is C20H29N3O2. The Labute approximate surface area is 150 Å². The molecule has 1 aliphatic rings. The zero-order valence-corrected chi connectivity index (χ0v) is 15.5. The van der Waals surface area contributed by atoms with Crippen LogP contribution in [0.25, 0.3) is 0 Å². The van der Waals surface area contributed by atoms with Crippen LogP contribution >= 0.6 is 0 Å². The summed E-state index contributed by atoms with van der Waals surface area (Å²) >= 11 is 0. The van der Waals surface area contributed by atoms with Crippen molar-refractivity contribution in [3.05, 3.63) is 47.3 Å². The molecule has 1 N–H and O–H groups in total. The van der Waals surface area contributed by atoms with Crippen molar-refractivity contribution in [3.63, 3.8) is 0 Å². The van der Waals surface area contributed by atoms with Gasteiger partial charge < -0.3 is 9.84 Å². The van der Waals surface area contributed by atoms with Crippen molar-refractivity contribution < 1.29 is 9.84 Å². The Morgan fingerprint density at radius 1 is 1.24 bits per heavy atom. The molecule has 1 aliphatic carbocycles. The third-order valence-corrected chi connectivity index (χ3v) is 5.41. The summed E-state index contributed by atoms with van der Waals surface area (Å²) in [5.41, 5.74) is 3.75. The van der Waals surface area contributed by atoms with Gasteiger partial charge in [0.25, 0.3) is 0 Å². The highest BCUT2D eigenvalue weighted by atomic mass is 16.5. The molecular weight excluding hydrogens is 314 g/mol. The number of aryl methyl sites for hydroxylation is 1. The van der Waals surface area contributed by atoms with Crippen LogP contribution in [0.15, 0.2) is 30.5 Å². The fourth-order valence-corrected chi connectivity index (χ4v) is 3.66. The van der Waals surface area contributed by atoms with E-state index in [-0.39, 0.29) is 6.10 Å². The molecule has 0 spiro atoms. The van der Waals surface area contributed by atoms with Gasteiger partial charge in [-0.1, -0.05) is 12.1 Å². The molecule has 5 nitrogen and oxygen atoms in total. The zero-order chi connectivity index (χ0) is 17.8. The van der Waals surface area contributed by atoms with Gasteiger partial charge in [0.2, 0.25) is 0 Å². The van der Waals surface area contributed by atoms with Gasteiger partial charge in [-0.3, -0.25) is 9.58 Å². The van der Waals surface area contributed by atoms with Crippen LogP contribution in [0.4, 0.5) is 0 Å². The molecule has 0 radical (unpaired) electrons. The summed E-state index contributed by atoms with van der Waals surface area (Å²) in [6.07, 6.45) is 5.73. The molecule has 3 rings (SSSR count). The van der Waals surface area contributed by atoms with Crippen molar-refractivity contribution in [2.45, 2.75) is 57.8 Å². The van der Waals surface area contributed by atoms with Crippen molar-refractivity contribution in [2.75, 3.05) is 7.11 Å². The summed E-state index contributed by atoms with van der Waals surface area (Å²) in [5, 5.41) is 14.2. The monoisotopic (exact) mass is 343 g/mol. The summed E-state index contributed by atoms with van der Waals surface area (Å²) in [6, 6.07) is 8.79. The number of hydrogen-bond acceptors (Lipinski definition) is 4. The smallest absolute Gasteiger partial charge is 0.119 e. The molecule has 0 aliphatic heterocycles. The fourth-order valence-electron chi connectivity index (χ4n) is 3.66. The molecule has 136 valence electrons. The Hall–Kier alpha value is -1.85. The van der Waals surface area contributed by atoms with Crippen molar-refractivity contribution in [1.82, 2.24) is 14.7 Å². The predicted octanol–water partition coefficient (Wildman–Crippen LogP) is 3.04. The van der Waals surface area contributed by atoms with E-state index in [1.54, 1.807) is 7.11 Å². The average molecular weight is 343 g/mol. The highest BCUT2D eigenvalue weighted by molar-refractivity contribution is 5.28. The lowest BCUT2D eigenvalue weighted by molar-refractivity contribution is 0.0664. The third kappa shape index (κ3) is 4.41. The number of nitrogens with zero attached hydrogens (tertiary/aromatic N) is 3. The molecule has 5 heteroatoms. The predicted molar refractivity (Wildman–Crippen MR) is 98.4 cm³/mol. The van der Waals surface area contributed by atoms with E-state index in [1.165, 1.54) is 16.8 Å². The van der Waals surface area contributed by atoms with Crippen LogP contribution in [0.5, 0.6) is 5.75 Å². The highest BCUT2D eigenvalue weighted by Crippen LogP contribution is 2.27. The molecule has 1 saturated carbocycles. The average Bonchev–Trinajstić information content (AvgIpc) is 2.94. The molecule has 0 amide bonds. The van der Waals surface area contributed by atoms with E-state index in [0.29, 0.717) is 6.04 Å². The van der Waals surface area contributed by atoms with Crippen molar-refractivity contribution in [1.29, 1.82) is 0 Å². The number of aliphatic hydroxyl groups excluding tert-OH is 1. The van der Waals surface area contributed by atoms with Crippen LogP contribution < -0.4 is 4.74 Å². The minimum Gasteiger partial charge on any atom is -0.497 e. The number of aliphatic hydroxyl groups is 1. The van der Waals surface area contributed by atoms with Gasteiger partial charge in [-0.25, -0.2) is 0 Å². The van der Waals surface area contributed by atoms with E-state index in [2.05, 4.69) is 29.1 Å². The van der Waals surface area contributed by atoms with E-state index >= 15 is 0 Å². The first kappa shape index (κ1) is 18.0. The van der Waals surface area contributed by atoms with Crippen molar-refractivity contribution in [2.24, 2.45) is 7.05 Å². The van der Waals surface area contributed by atoms with Crippen LogP contribution in [-0.2, 0) is 20.1 Å². The molecule has 1 aromatic carbocycles. The first-order chi connectivity index (χ1) is 12.1. The molecule has 0 saturated heterocycles. The van der Waals surface area contributed by atoms with Gasteiger partial charge in [0.1, 0.15) is 5.75 Å². The van der Waals surface area contributed by atoms with Gasteiger partial charge >= 0.3 is 0 Å². The molecule has 25 heavy (non-hydrogen) atoms. The fraction of sp³-hybridized carbons (Fsp3) is 0.550. The van der Waals surface area contributed by atoms with E-state index in [4.69, 9.17) is 4.74 Å². The van der Waals surface area contributed by atoms with Crippen LogP contribution in [0.3, 0.4) is 0 Å².